The Kier molecular flexibility index (Phi) is 5.04. The summed E-state index contributed by atoms with van der Waals surface area (Å²) < 4.78 is 5.24. The van der Waals surface area contributed by atoms with Crippen molar-refractivity contribution in [1.29, 1.82) is 0 Å². The number of benzene rings is 1. The van der Waals surface area contributed by atoms with Crippen LogP contribution in [0.4, 0.5) is 11.4 Å². The van der Waals surface area contributed by atoms with Crippen LogP contribution >= 0.6 is 0 Å². The maximum atomic E-state index is 5.24. The summed E-state index contributed by atoms with van der Waals surface area (Å²) in [5.41, 5.74) is 3.64. The van der Waals surface area contributed by atoms with Crippen molar-refractivity contribution in [2.45, 2.75) is 33.7 Å². The molecule has 1 aliphatic rings. The van der Waals surface area contributed by atoms with Gasteiger partial charge in [-0.2, -0.15) is 4.98 Å². The molecule has 0 amide bonds. The third-order valence-electron chi connectivity index (χ3n) is 4.68. The zero-order valence-corrected chi connectivity index (χ0v) is 15.0. The normalized spacial score (nSPS) is 17.1. The lowest BCUT2D eigenvalue weighted by atomic mass is 10.1. The Balaban J connectivity index is 1.66. The van der Waals surface area contributed by atoms with Gasteiger partial charge in [-0.25, -0.2) is 0 Å². The van der Waals surface area contributed by atoms with Gasteiger partial charge >= 0.3 is 0 Å². The van der Waals surface area contributed by atoms with E-state index in [1.165, 1.54) is 11.3 Å². The van der Waals surface area contributed by atoms with Gasteiger partial charge in [0.05, 0.1) is 0 Å². The van der Waals surface area contributed by atoms with Crippen molar-refractivity contribution < 1.29 is 4.52 Å². The van der Waals surface area contributed by atoms with Gasteiger partial charge in [-0.3, -0.25) is 0 Å². The van der Waals surface area contributed by atoms with Crippen LogP contribution < -0.4 is 10.2 Å². The second-order valence-corrected chi connectivity index (χ2v) is 6.47. The summed E-state index contributed by atoms with van der Waals surface area (Å²) in [6.45, 7) is 13.8. The fraction of sp³-hybridized carbons (Fsp3) is 0.556. The molecule has 2 aromatic rings. The van der Waals surface area contributed by atoms with Gasteiger partial charge in [0.1, 0.15) is 6.04 Å². The maximum absolute atomic E-state index is 5.24. The molecule has 0 saturated carbocycles. The highest BCUT2D eigenvalue weighted by Gasteiger charge is 2.17. The van der Waals surface area contributed by atoms with Crippen LogP contribution in [-0.4, -0.2) is 47.8 Å². The number of nitrogens with zero attached hydrogens (tertiary/aromatic N) is 4. The van der Waals surface area contributed by atoms with Crippen molar-refractivity contribution in [3.63, 3.8) is 0 Å². The number of hydrogen-bond donors (Lipinski definition) is 1. The van der Waals surface area contributed by atoms with Crippen molar-refractivity contribution in [2.75, 3.05) is 42.9 Å². The van der Waals surface area contributed by atoms with Crippen LogP contribution in [0.5, 0.6) is 0 Å². The van der Waals surface area contributed by atoms with Gasteiger partial charge in [0.2, 0.25) is 5.89 Å². The summed E-state index contributed by atoms with van der Waals surface area (Å²) >= 11 is 0. The van der Waals surface area contributed by atoms with E-state index in [1.54, 1.807) is 0 Å². The minimum atomic E-state index is -0.0103. The van der Waals surface area contributed by atoms with Gasteiger partial charge in [0.15, 0.2) is 5.82 Å². The fourth-order valence-electron chi connectivity index (χ4n) is 3.11. The molecule has 0 aliphatic carbocycles. The molecular formula is C18H27N5O. The molecule has 1 aromatic heterocycles. The number of anilines is 2. The highest BCUT2D eigenvalue weighted by atomic mass is 16.5. The van der Waals surface area contributed by atoms with Gasteiger partial charge in [-0.15, -0.1) is 0 Å². The molecule has 130 valence electrons. The Bertz CT molecular complexity index is 676. The predicted octanol–water partition coefficient (Wildman–Crippen LogP) is 3.00. The van der Waals surface area contributed by atoms with Crippen LogP contribution in [0.3, 0.4) is 0 Å². The average molecular weight is 329 g/mol. The minimum absolute atomic E-state index is 0.0103. The van der Waals surface area contributed by atoms with Crippen LogP contribution in [0, 0.1) is 13.8 Å². The highest BCUT2D eigenvalue weighted by Crippen LogP contribution is 2.26. The molecule has 3 rings (SSSR count). The fourth-order valence-corrected chi connectivity index (χ4v) is 3.11. The summed E-state index contributed by atoms with van der Waals surface area (Å²) in [4.78, 5) is 9.25. The summed E-state index contributed by atoms with van der Waals surface area (Å²) in [6, 6.07) is 6.60. The van der Waals surface area contributed by atoms with Crippen LogP contribution in [0.25, 0.3) is 0 Å². The summed E-state index contributed by atoms with van der Waals surface area (Å²) in [5.74, 6) is 1.28. The third kappa shape index (κ3) is 3.70. The smallest absolute Gasteiger partial charge is 0.248 e. The van der Waals surface area contributed by atoms with Gasteiger partial charge in [-0.1, -0.05) is 12.1 Å². The molecular weight excluding hydrogens is 302 g/mol. The quantitative estimate of drug-likeness (QED) is 0.910. The van der Waals surface area contributed by atoms with Crippen LogP contribution in [0.2, 0.25) is 0 Å². The second-order valence-electron chi connectivity index (χ2n) is 6.47. The molecule has 1 N–H and O–H groups in total. The molecule has 6 nitrogen and oxygen atoms in total. The van der Waals surface area contributed by atoms with Gasteiger partial charge in [0.25, 0.3) is 0 Å². The molecule has 6 heteroatoms. The zero-order valence-electron chi connectivity index (χ0n) is 15.0. The molecule has 0 radical (unpaired) electrons. The average Bonchev–Trinajstić information content (AvgIpc) is 3.03. The Hall–Kier alpha value is -2.08. The molecule has 0 unspecified atom stereocenters. The lowest BCUT2D eigenvalue weighted by Crippen LogP contribution is -2.46. The number of rotatable bonds is 5. The molecule has 0 bridgehead atoms. The molecule has 0 spiro atoms. The Morgan fingerprint density at radius 3 is 2.54 bits per heavy atom. The molecule has 1 fully saturated rings. The molecule has 1 aliphatic heterocycles. The van der Waals surface area contributed by atoms with E-state index in [4.69, 9.17) is 4.52 Å². The van der Waals surface area contributed by atoms with Crippen molar-refractivity contribution in [3.05, 3.63) is 35.5 Å². The van der Waals surface area contributed by atoms with Crippen molar-refractivity contribution in [3.8, 4) is 0 Å². The van der Waals surface area contributed by atoms with E-state index in [0.29, 0.717) is 11.7 Å². The minimum Gasteiger partial charge on any atom is -0.374 e. The number of aromatic nitrogens is 2. The topological polar surface area (TPSA) is 57.4 Å². The predicted molar refractivity (Wildman–Crippen MR) is 96.6 cm³/mol. The van der Waals surface area contributed by atoms with E-state index in [2.05, 4.69) is 57.3 Å². The van der Waals surface area contributed by atoms with E-state index >= 15 is 0 Å². The lowest BCUT2D eigenvalue weighted by Gasteiger charge is -2.35. The van der Waals surface area contributed by atoms with Crippen LogP contribution in [-0.2, 0) is 0 Å². The highest BCUT2D eigenvalue weighted by molar-refractivity contribution is 5.60. The molecule has 2 heterocycles. The first-order chi connectivity index (χ1) is 11.6. The summed E-state index contributed by atoms with van der Waals surface area (Å²) in [5, 5.41) is 7.32. The zero-order chi connectivity index (χ0) is 17.1. The van der Waals surface area contributed by atoms with Crippen molar-refractivity contribution >= 4 is 11.4 Å². The van der Waals surface area contributed by atoms with Gasteiger partial charge in [-0.05, 0) is 51.1 Å². The van der Waals surface area contributed by atoms with Gasteiger partial charge < -0.3 is 19.6 Å². The second kappa shape index (κ2) is 7.21. The monoisotopic (exact) mass is 329 g/mol. The standard InChI is InChI=1S/C18H27N5O/c1-5-22-8-10-23(11-9-22)16-6-7-17(13(2)12-16)19-14(3)18-20-15(4)21-24-18/h6-7,12,14,19H,5,8-11H2,1-4H3/t14-/m1/s1. The van der Waals surface area contributed by atoms with Crippen molar-refractivity contribution in [1.82, 2.24) is 15.0 Å². The van der Waals surface area contributed by atoms with Crippen molar-refractivity contribution in [2.24, 2.45) is 0 Å². The Morgan fingerprint density at radius 2 is 1.96 bits per heavy atom. The SMILES string of the molecule is CCN1CCN(c2ccc(N[C@H](C)c3nc(C)no3)c(C)c2)CC1. The first-order valence-corrected chi connectivity index (χ1v) is 8.71. The Morgan fingerprint density at radius 1 is 1.21 bits per heavy atom. The third-order valence-corrected chi connectivity index (χ3v) is 4.68. The lowest BCUT2D eigenvalue weighted by molar-refractivity contribution is 0.271. The van der Waals surface area contributed by atoms with Crippen LogP contribution in [0.15, 0.2) is 22.7 Å². The first-order valence-electron chi connectivity index (χ1n) is 8.71. The van der Waals surface area contributed by atoms with E-state index in [9.17, 15) is 0 Å². The number of piperazine rings is 1. The largest absolute Gasteiger partial charge is 0.374 e. The van der Waals surface area contributed by atoms with E-state index in [0.717, 1.165) is 38.4 Å². The first kappa shape index (κ1) is 16.8. The van der Waals surface area contributed by atoms with Gasteiger partial charge in [0, 0.05) is 37.6 Å². The van der Waals surface area contributed by atoms with Crippen LogP contribution in [0.1, 0.15) is 37.2 Å². The maximum Gasteiger partial charge on any atom is 0.248 e. The molecule has 1 saturated heterocycles. The number of likely N-dealkylation sites (N-methyl/N-ethyl adjacent to an activating group) is 1. The Labute approximate surface area is 143 Å². The summed E-state index contributed by atoms with van der Waals surface area (Å²) in [6.07, 6.45) is 0. The molecule has 1 atom stereocenters. The number of hydrogen-bond acceptors (Lipinski definition) is 6. The van der Waals surface area contributed by atoms with E-state index in [1.807, 2.05) is 13.8 Å². The molecule has 24 heavy (non-hydrogen) atoms. The van der Waals surface area contributed by atoms with E-state index < -0.39 is 0 Å². The molecule has 1 aromatic carbocycles. The van der Waals surface area contributed by atoms with E-state index in [-0.39, 0.29) is 6.04 Å². The number of aryl methyl sites for hydroxylation is 2. The summed E-state index contributed by atoms with van der Waals surface area (Å²) in [7, 11) is 0. The number of nitrogens with one attached hydrogen (secondary N) is 1.